The average molecular weight is 386 g/mol. The van der Waals surface area contributed by atoms with E-state index < -0.39 is 0 Å². The van der Waals surface area contributed by atoms with Gasteiger partial charge in [-0.2, -0.15) is 0 Å². The minimum absolute atomic E-state index is 0.958. The third-order valence-electron chi connectivity index (χ3n) is 6.22. The van der Waals surface area contributed by atoms with Gasteiger partial charge in [0.15, 0.2) is 0 Å². The summed E-state index contributed by atoms with van der Waals surface area (Å²) in [6.45, 7) is 8.84. The summed E-state index contributed by atoms with van der Waals surface area (Å²) < 4.78 is 0. The number of hydrogen-bond donors (Lipinski definition) is 0. The topological polar surface area (TPSA) is 0 Å². The molecular weight excluding hydrogens is 336 g/mol. The Hall–Kier alpha value is -0.780. The van der Waals surface area contributed by atoms with Gasteiger partial charge in [0, 0.05) is 0 Å². The molecule has 161 valence electrons. The fraction of sp³-hybridized carbons (Fsp3) is 0.750. The van der Waals surface area contributed by atoms with Crippen molar-refractivity contribution >= 4 is 0 Å². The molecule has 28 heavy (non-hydrogen) atoms. The molecule has 1 aromatic carbocycles. The molecule has 0 N–H and O–H groups in total. The molecule has 0 atom stereocenters. The Labute approximate surface area is 177 Å². The number of unbranched alkanes of at least 4 members (excludes halogenated alkanes) is 14. The molecule has 0 aliphatic heterocycles. The lowest BCUT2D eigenvalue weighted by Gasteiger charge is -2.14. The Morgan fingerprint density at radius 1 is 0.536 bits per heavy atom. The van der Waals surface area contributed by atoms with Crippen molar-refractivity contribution in [1.29, 1.82) is 0 Å². The van der Waals surface area contributed by atoms with Crippen LogP contribution < -0.4 is 0 Å². The van der Waals surface area contributed by atoms with Gasteiger partial charge in [0.25, 0.3) is 0 Å². The van der Waals surface area contributed by atoms with E-state index in [1.807, 2.05) is 0 Å². The summed E-state index contributed by atoms with van der Waals surface area (Å²) in [4.78, 5) is 0. The summed E-state index contributed by atoms with van der Waals surface area (Å²) in [6, 6.07) is 7.01. The van der Waals surface area contributed by atoms with Crippen LogP contribution >= 0.6 is 0 Å². The standard InChI is InChI=1S/C28H49/c1-4-7-9-11-13-15-17-19-22-26-24-21-25-27(28(26)6-3)23-20-18-16-14-12-10-8-5-2/h21,24-25H,3-20,22-23H2,1-2H3. The molecule has 0 nitrogen and oxygen atoms in total. The fourth-order valence-corrected chi connectivity index (χ4v) is 4.38. The fourth-order valence-electron chi connectivity index (χ4n) is 4.38. The van der Waals surface area contributed by atoms with Crippen molar-refractivity contribution < 1.29 is 0 Å². The van der Waals surface area contributed by atoms with Crippen molar-refractivity contribution in [2.24, 2.45) is 0 Å². The predicted octanol–water partition coefficient (Wildman–Crippen LogP) is 9.43. The molecule has 0 aliphatic rings. The highest BCUT2D eigenvalue weighted by molar-refractivity contribution is 5.36. The molecule has 0 heteroatoms. The summed E-state index contributed by atoms with van der Waals surface area (Å²) in [5.74, 6) is 0. The van der Waals surface area contributed by atoms with Crippen LogP contribution in [0.15, 0.2) is 18.2 Å². The van der Waals surface area contributed by atoms with E-state index in [0.717, 1.165) is 6.42 Å². The van der Waals surface area contributed by atoms with Crippen LogP contribution in [0.3, 0.4) is 0 Å². The highest BCUT2D eigenvalue weighted by atomic mass is 14.1. The Balaban J connectivity index is 2.25. The highest BCUT2D eigenvalue weighted by Gasteiger charge is 2.07. The van der Waals surface area contributed by atoms with Gasteiger partial charge in [-0.05, 0) is 55.7 Å². The second-order valence-electron chi connectivity index (χ2n) is 8.75. The van der Waals surface area contributed by atoms with Crippen LogP contribution in [-0.4, -0.2) is 0 Å². The number of aryl methyl sites for hydroxylation is 2. The average Bonchev–Trinajstić information content (AvgIpc) is 2.72. The molecule has 0 amide bonds. The highest BCUT2D eigenvalue weighted by Crippen LogP contribution is 2.21. The van der Waals surface area contributed by atoms with E-state index in [-0.39, 0.29) is 0 Å². The summed E-state index contributed by atoms with van der Waals surface area (Å²) >= 11 is 0. The van der Waals surface area contributed by atoms with Gasteiger partial charge in [-0.15, -0.1) is 0 Å². The number of hydrogen-bond acceptors (Lipinski definition) is 0. The zero-order chi connectivity index (χ0) is 20.3. The number of benzene rings is 1. The molecule has 0 fully saturated rings. The van der Waals surface area contributed by atoms with E-state index in [1.54, 1.807) is 16.7 Å². The van der Waals surface area contributed by atoms with Gasteiger partial charge in [-0.25, -0.2) is 0 Å². The molecule has 0 aromatic heterocycles. The Morgan fingerprint density at radius 2 is 0.893 bits per heavy atom. The molecule has 0 aliphatic carbocycles. The van der Waals surface area contributed by atoms with E-state index in [4.69, 9.17) is 0 Å². The molecule has 0 unspecified atom stereocenters. The molecule has 1 radical (unpaired) electrons. The quantitative estimate of drug-likeness (QED) is 0.208. The van der Waals surface area contributed by atoms with Crippen molar-refractivity contribution in [2.45, 2.75) is 136 Å². The van der Waals surface area contributed by atoms with E-state index in [9.17, 15) is 0 Å². The van der Waals surface area contributed by atoms with Crippen LogP contribution in [0.4, 0.5) is 0 Å². The lowest BCUT2D eigenvalue weighted by atomic mass is 9.92. The van der Waals surface area contributed by atoms with Gasteiger partial charge in [-0.1, -0.05) is 122 Å². The normalized spacial score (nSPS) is 11.2. The van der Waals surface area contributed by atoms with Crippen molar-refractivity contribution in [3.63, 3.8) is 0 Å². The third-order valence-corrected chi connectivity index (χ3v) is 6.22. The molecule has 1 aromatic rings. The molecule has 0 spiro atoms. The Bertz CT molecular complexity index is 421. The zero-order valence-electron chi connectivity index (χ0n) is 19.4. The van der Waals surface area contributed by atoms with E-state index in [2.05, 4.69) is 39.0 Å². The monoisotopic (exact) mass is 385 g/mol. The maximum absolute atomic E-state index is 4.25. The van der Waals surface area contributed by atoms with Crippen molar-refractivity contribution in [3.05, 3.63) is 41.8 Å². The van der Waals surface area contributed by atoms with Gasteiger partial charge in [0.1, 0.15) is 0 Å². The van der Waals surface area contributed by atoms with Crippen LogP contribution in [0.25, 0.3) is 0 Å². The van der Waals surface area contributed by atoms with E-state index in [0.29, 0.717) is 0 Å². The minimum atomic E-state index is 0.958. The SMILES string of the molecule is [CH2]Cc1c(CCCCCCCCCC)cccc1CCCCCCCCCC. The Morgan fingerprint density at radius 3 is 1.25 bits per heavy atom. The van der Waals surface area contributed by atoms with Crippen LogP contribution in [-0.2, 0) is 19.3 Å². The third kappa shape index (κ3) is 11.9. The zero-order valence-corrected chi connectivity index (χ0v) is 19.4. The van der Waals surface area contributed by atoms with Crippen molar-refractivity contribution in [2.75, 3.05) is 0 Å². The van der Waals surface area contributed by atoms with Crippen molar-refractivity contribution in [1.82, 2.24) is 0 Å². The van der Waals surface area contributed by atoms with Gasteiger partial charge in [0.05, 0.1) is 0 Å². The number of rotatable bonds is 19. The first-order chi connectivity index (χ1) is 13.8. The van der Waals surface area contributed by atoms with Crippen LogP contribution in [0.1, 0.15) is 133 Å². The van der Waals surface area contributed by atoms with Gasteiger partial charge < -0.3 is 0 Å². The smallest absolute Gasteiger partial charge is 0.0273 e. The molecule has 0 bridgehead atoms. The molecular formula is C28H49. The van der Waals surface area contributed by atoms with E-state index in [1.165, 1.54) is 116 Å². The van der Waals surface area contributed by atoms with Gasteiger partial charge in [0.2, 0.25) is 0 Å². The summed E-state index contributed by atoms with van der Waals surface area (Å²) in [6.07, 6.45) is 25.9. The second-order valence-corrected chi connectivity index (χ2v) is 8.75. The largest absolute Gasteiger partial charge is 0.0654 e. The van der Waals surface area contributed by atoms with Gasteiger partial charge >= 0.3 is 0 Å². The predicted molar refractivity (Wildman–Crippen MR) is 128 cm³/mol. The van der Waals surface area contributed by atoms with Crippen molar-refractivity contribution in [3.8, 4) is 0 Å². The first-order valence-electron chi connectivity index (χ1n) is 12.7. The lowest BCUT2D eigenvalue weighted by Crippen LogP contribution is -2.00. The first kappa shape index (κ1) is 25.3. The minimum Gasteiger partial charge on any atom is -0.0654 e. The molecule has 0 saturated carbocycles. The molecule has 0 heterocycles. The maximum atomic E-state index is 4.25. The first-order valence-corrected chi connectivity index (χ1v) is 12.7. The maximum Gasteiger partial charge on any atom is -0.0273 e. The van der Waals surface area contributed by atoms with E-state index >= 15 is 0 Å². The molecule has 1 rings (SSSR count). The second kappa shape index (κ2) is 18.3. The summed E-state index contributed by atoms with van der Waals surface area (Å²) in [5.41, 5.74) is 4.73. The van der Waals surface area contributed by atoms with Crippen LogP contribution in [0.5, 0.6) is 0 Å². The summed E-state index contributed by atoms with van der Waals surface area (Å²) in [7, 11) is 0. The van der Waals surface area contributed by atoms with Crippen LogP contribution in [0.2, 0.25) is 0 Å². The van der Waals surface area contributed by atoms with Crippen LogP contribution in [0, 0.1) is 6.92 Å². The molecule has 0 saturated heterocycles. The van der Waals surface area contributed by atoms with Gasteiger partial charge in [-0.3, -0.25) is 0 Å². The Kier molecular flexibility index (Phi) is 16.5. The summed E-state index contributed by atoms with van der Waals surface area (Å²) in [5, 5.41) is 0. The lowest BCUT2D eigenvalue weighted by molar-refractivity contribution is 0.573.